The molecule has 0 aliphatic heterocycles. The van der Waals surface area contributed by atoms with E-state index in [-0.39, 0.29) is 5.75 Å². The summed E-state index contributed by atoms with van der Waals surface area (Å²) in [5.74, 6) is 1.70. The van der Waals surface area contributed by atoms with Crippen LogP contribution < -0.4 is 4.74 Å². The molecule has 5 nitrogen and oxygen atoms in total. The first-order valence-corrected chi connectivity index (χ1v) is 7.69. The Bertz CT molecular complexity index is 649. The number of thioether (sulfide) groups is 1. The fourth-order valence-electron chi connectivity index (χ4n) is 2.33. The molecule has 1 fully saturated rings. The number of carbonyl (C=O) groups is 1. The number of carboxylic acids is 1. The van der Waals surface area contributed by atoms with Crippen molar-refractivity contribution in [1.29, 1.82) is 0 Å². The minimum absolute atomic E-state index is 0.108. The molecule has 1 aromatic heterocycles. The van der Waals surface area contributed by atoms with Crippen LogP contribution in [0.4, 0.5) is 0 Å². The number of carboxylic acid groups (broad SMARTS) is 1. The van der Waals surface area contributed by atoms with Crippen molar-refractivity contribution in [2.75, 3.05) is 12.9 Å². The molecule has 20 heavy (non-hydrogen) atoms. The van der Waals surface area contributed by atoms with Gasteiger partial charge in [-0.25, -0.2) is 4.98 Å². The average molecular weight is 292 g/mol. The number of fused-ring (bicyclic) bond motifs is 1. The number of benzene rings is 1. The van der Waals surface area contributed by atoms with Gasteiger partial charge < -0.3 is 14.4 Å². The lowest BCUT2D eigenvalue weighted by atomic mass is 10.3. The SMILES string of the molecule is COc1ccc2c(c1)nc(CSCC(=O)O)n2C1CC1. The summed E-state index contributed by atoms with van der Waals surface area (Å²) in [5, 5.41) is 8.73. The zero-order valence-corrected chi connectivity index (χ0v) is 12.0. The van der Waals surface area contributed by atoms with Gasteiger partial charge in [-0.15, -0.1) is 11.8 Å². The Balaban J connectivity index is 1.93. The summed E-state index contributed by atoms with van der Waals surface area (Å²) in [6.07, 6.45) is 2.35. The van der Waals surface area contributed by atoms with Crippen LogP contribution in [0.2, 0.25) is 0 Å². The fraction of sp³-hybridized carbons (Fsp3) is 0.429. The third-order valence-electron chi connectivity index (χ3n) is 3.34. The third kappa shape index (κ3) is 2.60. The second kappa shape index (κ2) is 5.36. The topological polar surface area (TPSA) is 64.3 Å². The Hall–Kier alpha value is -1.69. The molecular formula is C14H16N2O3S. The average Bonchev–Trinajstić information content (AvgIpc) is 3.19. The molecule has 2 aromatic rings. The number of hydrogen-bond donors (Lipinski definition) is 1. The van der Waals surface area contributed by atoms with Crippen molar-refractivity contribution in [2.24, 2.45) is 0 Å². The second-order valence-electron chi connectivity index (χ2n) is 4.87. The Labute approximate surface area is 120 Å². The van der Waals surface area contributed by atoms with Gasteiger partial charge >= 0.3 is 5.97 Å². The number of methoxy groups -OCH3 is 1. The van der Waals surface area contributed by atoms with E-state index in [0.29, 0.717) is 11.8 Å². The Kier molecular flexibility index (Phi) is 3.56. The molecule has 1 N–H and O–H groups in total. The number of ether oxygens (including phenoxy) is 1. The molecule has 106 valence electrons. The summed E-state index contributed by atoms with van der Waals surface area (Å²) < 4.78 is 7.48. The fourth-order valence-corrected chi connectivity index (χ4v) is 2.99. The lowest BCUT2D eigenvalue weighted by Crippen LogP contribution is -2.03. The highest BCUT2D eigenvalue weighted by Gasteiger charge is 2.28. The minimum Gasteiger partial charge on any atom is -0.497 e. The Morgan fingerprint density at radius 2 is 2.35 bits per heavy atom. The molecule has 0 amide bonds. The van der Waals surface area contributed by atoms with Gasteiger partial charge in [-0.05, 0) is 25.0 Å². The van der Waals surface area contributed by atoms with Crippen molar-refractivity contribution < 1.29 is 14.6 Å². The number of nitrogens with zero attached hydrogens (tertiary/aromatic N) is 2. The number of aromatic nitrogens is 2. The summed E-state index contributed by atoms with van der Waals surface area (Å²) >= 11 is 1.38. The van der Waals surface area contributed by atoms with Gasteiger partial charge in [-0.3, -0.25) is 4.79 Å². The third-order valence-corrected chi connectivity index (χ3v) is 4.25. The molecule has 0 radical (unpaired) electrons. The van der Waals surface area contributed by atoms with E-state index < -0.39 is 5.97 Å². The molecule has 1 saturated carbocycles. The number of aliphatic carboxylic acids is 1. The van der Waals surface area contributed by atoms with Gasteiger partial charge in [0, 0.05) is 12.1 Å². The lowest BCUT2D eigenvalue weighted by molar-refractivity contribution is -0.133. The van der Waals surface area contributed by atoms with Gasteiger partial charge in [0.1, 0.15) is 11.6 Å². The van der Waals surface area contributed by atoms with E-state index in [1.54, 1.807) is 7.11 Å². The molecule has 1 aliphatic carbocycles. The summed E-state index contributed by atoms with van der Waals surface area (Å²) in [7, 11) is 1.64. The van der Waals surface area contributed by atoms with Gasteiger partial charge in [0.2, 0.25) is 0 Å². The van der Waals surface area contributed by atoms with Crippen LogP contribution in [0.15, 0.2) is 18.2 Å². The number of imidazole rings is 1. The van der Waals surface area contributed by atoms with Crippen LogP contribution in [-0.4, -0.2) is 33.5 Å². The molecule has 1 heterocycles. The van der Waals surface area contributed by atoms with Crippen molar-refractivity contribution in [3.63, 3.8) is 0 Å². The first-order chi connectivity index (χ1) is 9.69. The van der Waals surface area contributed by atoms with Crippen LogP contribution >= 0.6 is 11.8 Å². The summed E-state index contributed by atoms with van der Waals surface area (Å²) in [4.78, 5) is 15.3. The molecule has 0 bridgehead atoms. The maximum atomic E-state index is 10.6. The highest BCUT2D eigenvalue weighted by Crippen LogP contribution is 2.39. The molecule has 6 heteroatoms. The first kappa shape index (κ1) is 13.3. The van der Waals surface area contributed by atoms with Gasteiger partial charge in [0.25, 0.3) is 0 Å². The number of hydrogen-bond acceptors (Lipinski definition) is 4. The predicted octanol–water partition coefficient (Wildman–Crippen LogP) is 2.70. The van der Waals surface area contributed by atoms with E-state index in [1.165, 1.54) is 24.6 Å². The quantitative estimate of drug-likeness (QED) is 0.887. The molecule has 1 aliphatic rings. The Morgan fingerprint density at radius 1 is 1.55 bits per heavy atom. The van der Waals surface area contributed by atoms with Crippen LogP contribution in [0.5, 0.6) is 5.75 Å². The monoisotopic (exact) mass is 292 g/mol. The number of rotatable bonds is 6. The molecule has 0 atom stereocenters. The zero-order chi connectivity index (χ0) is 14.1. The second-order valence-corrected chi connectivity index (χ2v) is 5.86. The highest BCUT2D eigenvalue weighted by atomic mass is 32.2. The van der Waals surface area contributed by atoms with Crippen molar-refractivity contribution in [3.05, 3.63) is 24.0 Å². The molecule has 3 rings (SSSR count). The lowest BCUT2D eigenvalue weighted by Gasteiger charge is -2.07. The predicted molar refractivity (Wildman–Crippen MR) is 78.4 cm³/mol. The van der Waals surface area contributed by atoms with Gasteiger partial charge in [0.15, 0.2) is 0 Å². The van der Waals surface area contributed by atoms with Gasteiger partial charge in [0.05, 0.1) is 29.6 Å². The normalized spacial score (nSPS) is 14.7. The minimum atomic E-state index is -0.786. The largest absolute Gasteiger partial charge is 0.497 e. The zero-order valence-electron chi connectivity index (χ0n) is 11.2. The van der Waals surface area contributed by atoms with Crippen LogP contribution in [0.3, 0.4) is 0 Å². The maximum Gasteiger partial charge on any atom is 0.313 e. The van der Waals surface area contributed by atoms with Crippen LogP contribution in [0, 0.1) is 0 Å². The van der Waals surface area contributed by atoms with E-state index in [0.717, 1.165) is 22.6 Å². The van der Waals surface area contributed by atoms with E-state index in [1.807, 2.05) is 18.2 Å². The molecule has 0 unspecified atom stereocenters. The molecular weight excluding hydrogens is 276 g/mol. The van der Waals surface area contributed by atoms with E-state index in [9.17, 15) is 4.79 Å². The molecule has 1 aromatic carbocycles. The summed E-state index contributed by atoms with van der Waals surface area (Å²) in [5.41, 5.74) is 2.03. The van der Waals surface area contributed by atoms with E-state index in [2.05, 4.69) is 9.55 Å². The van der Waals surface area contributed by atoms with Gasteiger partial charge in [-0.1, -0.05) is 0 Å². The van der Waals surface area contributed by atoms with Gasteiger partial charge in [-0.2, -0.15) is 0 Å². The Morgan fingerprint density at radius 3 is 3.00 bits per heavy atom. The van der Waals surface area contributed by atoms with Crippen molar-refractivity contribution in [2.45, 2.75) is 24.6 Å². The summed E-state index contributed by atoms with van der Waals surface area (Å²) in [6.45, 7) is 0. The van der Waals surface area contributed by atoms with Crippen LogP contribution in [0.1, 0.15) is 24.7 Å². The van der Waals surface area contributed by atoms with Crippen LogP contribution in [-0.2, 0) is 10.5 Å². The standard InChI is InChI=1S/C14H16N2O3S/c1-19-10-4-5-12-11(6-10)15-13(7-20-8-14(17)18)16(12)9-2-3-9/h4-6,9H,2-3,7-8H2,1H3,(H,17,18). The molecule has 0 spiro atoms. The van der Waals surface area contributed by atoms with Crippen LogP contribution in [0.25, 0.3) is 11.0 Å². The first-order valence-electron chi connectivity index (χ1n) is 6.53. The summed E-state index contributed by atoms with van der Waals surface area (Å²) in [6, 6.07) is 6.43. The highest BCUT2D eigenvalue weighted by molar-refractivity contribution is 7.99. The smallest absolute Gasteiger partial charge is 0.313 e. The van der Waals surface area contributed by atoms with Crippen molar-refractivity contribution >= 4 is 28.8 Å². The van der Waals surface area contributed by atoms with E-state index >= 15 is 0 Å². The van der Waals surface area contributed by atoms with Crippen molar-refractivity contribution in [3.8, 4) is 5.75 Å². The van der Waals surface area contributed by atoms with E-state index in [4.69, 9.17) is 9.84 Å². The van der Waals surface area contributed by atoms with Crippen molar-refractivity contribution in [1.82, 2.24) is 9.55 Å². The molecule has 0 saturated heterocycles. The maximum absolute atomic E-state index is 10.6.